The molecule has 0 saturated carbocycles. The summed E-state index contributed by atoms with van der Waals surface area (Å²) in [4.78, 5) is 12.3. The zero-order chi connectivity index (χ0) is 19.6. The van der Waals surface area contributed by atoms with Crippen LogP contribution < -0.4 is 5.32 Å². The van der Waals surface area contributed by atoms with E-state index in [0.717, 1.165) is 15.9 Å². The zero-order valence-corrected chi connectivity index (χ0v) is 18.0. The van der Waals surface area contributed by atoms with Crippen molar-refractivity contribution in [1.29, 1.82) is 0 Å². The highest BCUT2D eigenvalue weighted by atomic mass is 79.9. The lowest BCUT2D eigenvalue weighted by atomic mass is 10.2. The van der Waals surface area contributed by atoms with Crippen molar-refractivity contribution in [2.45, 2.75) is 33.4 Å². The number of halogens is 3. The highest BCUT2D eigenvalue weighted by molar-refractivity contribution is 9.11. The van der Waals surface area contributed by atoms with E-state index in [1.165, 1.54) is 6.07 Å². The second-order valence-corrected chi connectivity index (χ2v) is 7.77. The Kier molecular flexibility index (Phi) is 6.11. The van der Waals surface area contributed by atoms with Gasteiger partial charge in [0.05, 0.1) is 27.7 Å². The standard InChI is InChI=1S/C18H18Br2FN5O/c1-11-17(20)12(2)26(23-11)8-7-16(27)22-18-14(19)10-25(24-18)9-13-5-3-4-6-15(13)21/h3-6,10H,7-9H2,1-2H3,(H,22,24,27). The molecule has 1 aromatic carbocycles. The topological polar surface area (TPSA) is 64.7 Å². The number of hydrogen-bond donors (Lipinski definition) is 1. The van der Waals surface area contributed by atoms with Crippen molar-refractivity contribution in [3.05, 3.63) is 62.2 Å². The third-order valence-electron chi connectivity index (χ3n) is 4.11. The lowest BCUT2D eigenvalue weighted by Gasteiger charge is -2.05. The second kappa shape index (κ2) is 8.35. The third kappa shape index (κ3) is 4.65. The Morgan fingerprint density at radius 2 is 1.96 bits per heavy atom. The summed E-state index contributed by atoms with van der Waals surface area (Å²) in [6.07, 6.45) is 1.97. The molecule has 1 N–H and O–H groups in total. The molecule has 0 saturated heterocycles. The van der Waals surface area contributed by atoms with Gasteiger partial charge in [-0.3, -0.25) is 14.2 Å². The molecular weight excluding hydrogens is 481 g/mol. The average Bonchev–Trinajstić information content (AvgIpc) is 3.09. The maximum absolute atomic E-state index is 13.8. The highest BCUT2D eigenvalue weighted by Gasteiger charge is 2.14. The van der Waals surface area contributed by atoms with Gasteiger partial charge in [-0.25, -0.2) is 4.39 Å². The predicted molar refractivity (Wildman–Crippen MR) is 108 cm³/mol. The van der Waals surface area contributed by atoms with Crippen LogP contribution in [0.2, 0.25) is 0 Å². The van der Waals surface area contributed by atoms with Gasteiger partial charge in [0.1, 0.15) is 5.82 Å². The van der Waals surface area contributed by atoms with E-state index in [2.05, 4.69) is 47.4 Å². The van der Waals surface area contributed by atoms with E-state index >= 15 is 0 Å². The molecule has 0 bridgehead atoms. The normalized spacial score (nSPS) is 11.0. The number of nitrogens with zero attached hydrogens (tertiary/aromatic N) is 4. The molecule has 2 aromatic heterocycles. The van der Waals surface area contributed by atoms with Gasteiger partial charge in [-0.1, -0.05) is 18.2 Å². The van der Waals surface area contributed by atoms with Crippen LogP contribution in [0.15, 0.2) is 39.4 Å². The van der Waals surface area contributed by atoms with Gasteiger partial charge in [0, 0.05) is 23.9 Å². The van der Waals surface area contributed by atoms with Gasteiger partial charge in [0.15, 0.2) is 5.82 Å². The predicted octanol–water partition coefficient (Wildman–Crippen LogP) is 4.44. The fraction of sp³-hybridized carbons (Fsp3) is 0.278. The Morgan fingerprint density at radius 3 is 2.63 bits per heavy atom. The fourth-order valence-electron chi connectivity index (χ4n) is 2.66. The van der Waals surface area contributed by atoms with Crippen molar-refractivity contribution in [2.75, 3.05) is 5.32 Å². The summed E-state index contributed by atoms with van der Waals surface area (Å²) in [6.45, 7) is 4.61. The SMILES string of the molecule is Cc1nn(CCC(=O)Nc2nn(Cc3ccccc3F)cc2Br)c(C)c1Br. The van der Waals surface area contributed by atoms with E-state index in [9.17, 15) is 9.18 Å². The van der Waals surface area contributed by atoms with Crippen molar-refractivity contribution in [3.8, 4) is 0 Å². The van der Waals surface area contributed by atoms with Crippen molar-refractivity contribution in [1.82, 2.24) is 19.6 Å². The van der Waals surface area contributed by atoms with Crippen LogP contribution in [0.25, 0.3) is 0 Å². The molecule has 0 radical (unpaired) electrons. The number of carbonyl (C=O) groups excluding carboxylic acids is 1. The monoisotopic (exact) mass is 497 g/mol. The van der Waals surface area contributed by atoms with E-state index in [4.69, 9.17) is 0 Å². The number of anilines is 1. The zero-order valence-electron chi connectivity index (χ0n) is 14.8. The van der Waals surface area contributed by atoms with Crippen molar-refractivity contribution in [2.24, 2.45) is 0 Å². The summed E-state index contributed by atoms with van der Waals surface area (Å²) >= 11 is 6.86. The Morgan fingerprint density at radius 1 is 1.22 bits per heavy atom. The Balaban J connectivity index is 1.62. The molecule has 3 rings (SSSR count). The lowest BCUT2D eigenvalue weighted by molar-refractivity contribution is -0.116. The Labute approximate surface area is 173 Å². The molecular formula is C18H18Br2FN5O. The fourth-order valence-corrected chi connectivity index (χ4v) is 3.36. The van der Waals surface area contributed by atoms with Crippen molar-refractivity contribution >= 4 is 43.6 Å². The van der Waals surface area contributed by atoms with E-state index in [0.29, 0.717) is 22.4 Å². The van der Waals surface area contributed by atoms with Crippen LogP contribution in [0.3, 0.4) is 0 Å². The molecule has 142 valence electrons. The van der Waals surface area contributed by atoms with Crippen LogP contribution in [0.4, 0.5) is 10.2 Å². The molecule has 0 fully saturated rings. The molecule has 27 heavy (non-hydrogen) atoms. The quantitative estimate of drug-likeness (QED) is 0.546. The molecule has 0 aliphatic carbocycles. The first-order valence-electron chi connectivity index (χ1n) is 8.31. The van der Waals surface area contributed by atoms with Gasteiger partial charge in [-0.2, -0.15) is 10.2 Å². The van der Waals surface area contributed by atoms with Crippen LogP contribution in [0.1, 0.15) is 23.4 Å². The van der Waals surface area contributed by atoms with Crippen LogP contribution in [-0.4, -0.2) is 25.5 Å². The van der Waals surface area contributed by atoms with Gasteiger partial charge in [-0.15, -0.1) is 0 Å². The Hall–Kier alpha value is -2.00. The summed E-state index contributed by atoms with van der Waals surface area (Å²) in [5.74, 6) is -0.0489. The number of rotatable bonds is 6. The largest absolute Gasteiger partial charge is 0.308 e. The highest BCUT2D eigenvalue weighted by Crippen LogP contribution is 2.22. The first kappa shape index (κ1) is 19.8. The molecule has 2 heterocycles. The van der Waals surface area contributed by atoms with Gasteiger partial charge < -0.3 is 5.32 Å². The molecule has 6 nitrogen and oxygen atoms in total. The number of amides is 1. The van der Waals surface area contributed by atoms with Gasteiger partial charge in [0.2, 0.25) is 5.91 Å². The number of benzene rings is 1. The van der Waals surface area contributed by atoms with E-state index in [1.54, 1.807) is 33.8 Å². The molecule has 0 aliphatic rings. The molecule has 0 aliphatic heterocycles. The van der Waals surface area contributed by atoms with Crippen LogP contribution >= 0.6 is 31.9 Å². The lowest BCUT2D eigenvalue weighted by Crippen LogP contribution is -2.16. The molecule has 9 heteroatoms. The number of aromatic nitrogens is 4. The van der Waals surface area contributed by atoms with Crippen molar-refractivity contribution < 1.29 is 9.18 Å². The summed E-state index contributed by atoms with van der Waals surface area (Å²) < 4.78 is 18.8. The first-order valence-corrected chi connectivity index (χ1v) is 9.89. The molecule has 0 spiro atoms. The van der Waals surface area contributed by atoms with Crippen LogP contribution in [-0.2, 0) is 17.9 Å². The minimum absolute atomic E-state index is 0.171. The van der Waals surface area contributed by atoms with Gasteiger partial charge in [-0.05, 0) is 51.8 Å². The molecule has 1 amide bonds. The number of aryl methyl sites for hydroxylation is 2. The Bertz CT molecular complexity index is 982. The summed E-state index contributed by atoms with van der Waals surface area (Å²) in [6, 6.07) is 6.53. The molecule has 0 atom stereocenters. The third-order valence-corrected chi connectivity index (χ3v) is 5.84. The minimum Gasteiger partial charge on any atom is -0.308 e. The smallest absolute Gasteiger partial charge is 0.227 e. The maximum atomic E-state index is 13.8. The average molecular weight is 499 g/mol. The van der Waals surface area contributed by atoms with Crippen LogP contribution in [0, 0.1) is 19.7 Å². The van der Waals surface area contributed by atoms with E-state index in [-0.39, 0.29) is 24.7 Å². The number of carbonyl (C=O) groups is 1. The summed E-state index contributed by atoms with van der Waals surface area (Å²) in [7, 11) is 0. The number of nitrogens with one attached hydrogen (secondary N) is 1. The van der Waals surface area contributed by atoms with Gasteiger partial charge in [0.25, 0.3) is 0 Å². The van der Waals surface area contributed by atoms with Gasteiger partial charge >= 0.3 is 0 Å². The summed E-state index contributed by atoms with van der Waals surface area (Å²) in [5.41, 5.74) is 2.40. The number of hydrogen-bond acceptors (Lipinski definition) is 3. The van der Waals surface area contributed by atoms with E-state index < -0.39 is 0 Å². The van der Waals surface area contributed by atoms with Crippen molar-refractivity contribution in [3.63, 3.8) is 0 Å². The maximum Gasteiger partial charge on any atom is 0.227 e. The molecule has 0 unspecified atom stereocenters. The van der Waals surface area contributed by atoms with E-state index in [1.807, 2.05) is 13.8 Å². The van der Waals surface area contributed by atoms with Crippen LogP contribution in [0.5, 0.6) is 0 Å². The first-order chi connectivity index (χ1) is 12.8. The minimum atomic E-state index is -0.286. The summed E-state index contributed by atoms with van der Waals surface area (Å²) in [5, 5.41) is 11.5. The second-order valence-electron chi connectivity index (χ2n) is 6.12. The molecule has 3 aromatic rings.